The molecule has 3 aliphatic rings. The predicted octanol–water partition coefficient (Wildman–Crippen LogP) is 1.52. The van der Waals surface area contributed by atoms with Crippen molar-refractivity contribution in [3.8, 4) is 0 Å². The number of hydrogen-bond acceptors (Lipinski definition) is 5. The number of amidine groups is 1. The smallest absolute Gasteiger partial charge is 0.249 e. The highest BCUT2D eigenvalue weighted by Gasteiger charge is 2.44. The molecule has 2 atom stereocenters. The second kappa shape index (κ2) is 8.49. The van der Waals surface area contributed by atoms with Crippen LogP contribution >= 0.6 is 0 Å². The van der Waals surface area contributed by atoms with E-state index < -0.39 is 17.5 Å². The second-order valence-corrected chi connectivity index (χ2v) is 8.25. The SMILES string of the molecule is CC1=NC2(C=CC=C(NC(=O)Cc3ccc(F)cc3)C2)CC(=O)N1C1CCC(=O)NC1=O. The minimum Gasteiger partial charge on any atom is -0.329 e. The lowest BCUT2D eigenvalue weighted by atomic mass is 9.84. The van der Waals surface area contributed by atoms with E-state index in [1.807, 2.05) is 6.08 Å². The van der Waals surface area contributed by atoms with Gasteiger partial charge in [0.15, 0.2) is 0 Å². The van der Waals surface area contributed by atoms with Crippen molar-refractivity contribution in [1.29, 1.82) is 0 Å². The third-order valence-corrected chi connectivity index (χ3v) is 5.76. The summed E-state index contributed by atoms with van der Waals surface area (Å²) in [5, 5.41) is 5.12. The summed E-state index contributed by atoms with van der Waals surface area (Å²) in [6, 6.07) is 4.98. The molecule has 8 nitrogen and oxygen atoms in total. The molecule has 2 heterocycles. The molecule has 2 unspecified atom stereocenters. The highest BCUT2D eigenvalue weighted by atomic mass is 19.1. The van der Waals surface area contributed by atoms with Crippen LogP contribution in [0.5, 0.6) is 0 Å². The van der Waals surface area contributed by atoms with E-state index in [0.717, 1.165) is 0 Å². The average molecular weight is 438 g/mol. The van der Waals surface area contributed by atoms with Gasteiger partial charge in [-0.05, 0) is 37.1 Å². The number of imide groups is 1. The Bertz CT molecular complexity index is 1080. The lowest BCUT2D eigenvalue weighted by Crippen LogP contribution is -2.59. The first-order chi connectivity index (χ1) is 15.2. The van der Waals surface area contributed by atoms with Crippen molar-refractivity contribution in [3.05, 3.63) is 59.6 Å². The lowest BCUT2D eigenvalue weighted by molar-refractivity contribution is -0.143. The molecular weight excluding hydrogens is 415 g/mol. The fourth-order valence-corrected chi connectivity index (χ4v) is 4.36. The molecule has 4 amide bonds. The first kappa shape index (κ1) is 21.6. The highest BCUT2D eigenvalue weighted by molar-refractivity contribution is 6.08. The largest absolute Gasteiger partial charge is 0.329 e. The van der Waals surface area contributed by atoms with E-state index in [1.165, 1.54) is 17.0 Å². The van der Waals surface area contributed by atoms with E-state index in [9.17, 15) is 23.6 Å². The molecule has 2 aliphatic heterocycles. The molecule has 1 fully saturated rings. The van der Waals surface area contributed by atoms with Gasteiger partial charge in [-0.3, -0.25) is 34.4 Å². The number of amides is 4. The number of carbonyl (C=O) groups excluding carboxylic acids is 4. The molecule has 4 rings (SSSR count). The van der Waals surface area contributed by atoms with E-state index in [2.05, 4.69) is 10.6 Å². The number of rotatable bonds is 4. The molecule has 9 heteroatoms. The Morgan fingerprint density at radius 3 is 2.69 bits per heavy atom. The maximum absolute atomic E-state index is 13.0. The van der Waals surface area contributed by atoms with Gasteiger partial charge < -0.3 is 5.32 Å². The fraction of sp³-hybridized carbons (Fsp3) is 0.348. The molecule has 1 spiro atoms. The lowest BCUT2D eigenvalue weighted by Gasteiger charge is -2.41. The van der Waals surface area contributed by atoms with Crippen molar-refractivity contribution < 1.29 is 23.6 Å². The molecule has 1 aromatic rings. The summed E-state index contributed by atoms with van der Waals surface area (Å²) in [4.78, 5) is 55.2. The van der Waals surface area contributed by atoms with Crippen LogP contribution in [0.3, 0.4) is 0 Å². The third kappa shape index (κ3) is 4.51. The maximum atomic E-state index is 13.0. The van der Waals surface area contributed by atoms with Crippen molar-refractivity contribution in [3.63, 3.8) is 0 Å². The van der Waals surface area contributed by atoms with Gasteiger partial charge in [-0.1, -0.05) is 24.3 Å². The van der Waals surface area contributed by atoms with Crippen LogP contribution in [-0.2, 0) is 25.6 Å². The summed E-state index contributed by atoms with van der Waals surface area (Å²) in [7, 11) is 0. The van der Waals surface area contributed by atoms with Crippen molar-refractivity contribution >= 4 is 29.5 Å². The number of hydrogen-bond donors (Lipinski definition) is 2. The summed E-state index contributed by atoms with van der Waals surface area (Å²) < 4.78 is 13.0. The number of halogens is 1. The third-order valence-electron chi connectivity index (χ3n) is 5.76. The van der Waals surface area contributed by atoms with Gasteiger partial charge >= 0.3 is 0 Å². The summed E-state index contributed by atoms with van der Waals surface area (Å²) in [5.41, 5.74) is 0.469. The first-order valence-electron chi connectivity index (χ1n) is 10.4. The number of benzene rings is 1. The molecule has 1 aliphatic carbocycles. The summed E-state index contributed by atoms with van der Waals surface area (Å²) in [6.07, 6.45) is 6.24. The molecular formula is C23H23FN4O4. The molecule has 1 aromatic carbocycles. The van der Waals surface area contributed by atoms with Crippen molar-refractivity contribution in [2.45, 2.75) is 50.6 Å². The van der Waals surface area contributed by atoms with Crippen molar-refractivity contribution in [2.24, 2.45) is 4.99 Å². The molecule has 2 N–H and O–H groups in total. The van der Waals surface area contributed by atoms with Crippen LogP contribution in [0, 0.1) is 5.82 Å². The van der Waals surface area contributed by atoms with Gasteiger partial charge in [-0.15, -0.1) is 0 Å². The number of allylic oxidation sites excluding steroid dienone is 2. The molecule has 1 saturated heterocycles. The molecule has 0 radical (unpaired) electrons. The first-order valence-corrected chi connectivity index (χ1v) is 10.4. The Balaban J connectivity index is 1.45. The van der Waals surface area contributed by atoms with Gasteiger partial charge in [0.1, 0.15) is 17.7 Å². The molecule has 0 aromatic heterocycles. The van der Waals surface area contributed by atoms with Gasteiger partial charge in [-0.2, -0.15) is 0 Å². The number of nitrogens with one attached hydrogen (secondary N) is 2. The van der Waals surface area contributed by atoms with Crippen LogP contribution in [0.4, 0.5) is 4.39 Å². The van der Waals surface area contributed by atoms with E-state index in [4.69, 9.17) is 4.99 Å². The number of carbonyl (C=O) groups is 4. The number of nitrogens with zero attached hydrogens (tertiary/aromatic N) is 2. The fourth-order valence-electron chi connectivity index (χ4n) is 4.36. The monoisotopic (exact) mass is 438 g/mol. The Hall–Kier alpha value is -3.62. The highest BCUT2D eigenvalue weighted by Crippen LogP contribution is 2.34. The van der Waals surface area contributed by atoms with E-state index in [0.29, 0.717) is 23.5 Å². The summed E-state index contributed by atoms with van der Waals surface area (Å²) in [6.45, 7) is 1.67. The number of piperidine rings is 1. The molecule has 0 bridgehead atoms. The maximum Gasteiger partial charge on any atom is 0.249 e. The zero-order valence-electron chi connectivity index (χ0n) is 17.6. The quantitative estimate of drug-likeness (QED) is 0.695. The minimum absolute atomic E-state index is 0.0454. The normalized spacial score (nSPS) is 25.4. The van der Waals surface area contributed by atoms with Gasteiger partial charge in [0.2, 0.25) is 23.6 Å². The topological polar surface area (TPSA) is 108 Å². The Morgan fingerprint density at radius 1 is 1.25 bits per heavy atom. The van der Waals surface area contributed by atoms with Crippen molar-refractivity contribution in [1.82, 2.24) is 15.5 Å². The van der Waals surface area contributed by atoms with Crippen LogP contribution in [0.2, 0.25) is 0 Å². The van der Waals surface area contributed by atoms with Crippen molar-refractivity contribution in [2.75, 3.05) is 0 Å². The van der Waals surface area contributed by atoms with Crippen LogP contribution in [0.25, 0.3) is 0 Å². The van der Waals surface area contributed by atoms with E-state index in [1.54, 1.807) is 31.2 Å². The Kier molecular flexibility index (Phi) is 5.73. The zero-order valence-corrected chi connectivity index (χ0v) is 17.6. The van der Waals surface area contributed by atoms with Gasteiger partial charge in [0, 0.05) is 18.5 Å². The zero-order chi connectivity index (χ0) is 22.9. The Labute approximate surface area is 184 Å². The summed E-state index contributed by atoms with van der Waals surface area (Å²) in [5.74, 6) is -1.30. The summed E-state index contributed by atoms with van der Waals surface area (Å²) >= 11 is 0. The second-order valence-electron chi connectivity index (χ2n) is 8.25. The average Bonchev–Trinajstić information content (AvgIpc) is 2.71. The van der Waals surface area contributed by atoms with Gasteiger partial charge in [0.25, 0.3) is 0 Å². The molecule has 32 heavy (non-hydrogen) atoms. The molecule has 166 valence electrons. The van der Waals surface area contributed by atoms with E-state index >= 15 is 0 Å². The minimum atomic E-state index is -0.841. The van der Waals surface area contributed by atoms with Crippen LogP contribution < -0.4 is 10.6 Å². The van der Waals surface area contributed by atoms with Gasteiger partial charge in [0.05, 0.1) is 18.4 Å². The Morgan fingerprint density at radius 2 is 2.00 bits per heavy atom. The number of aliphatic imine (C=N–C) groups is 1. The van der Waals surface area contributed by atoms with Crippen LogP contribution in [0.15, 0.2) is 53.2 Å². The van der Waals surface area contributed by atoms with Crippen LogP contribution in [-0.4, -0.2) is 45.9 Å². The predicted molar refractivity (Wildman–Crippen MR) is 114 cm³/mol. The van der Waals surface area contributed by atoms with Gasteiger partial charge in [-0.25, -0.2) is 4.39 Å². The van der Waals surface area contributed by atoms with E-state index in [-0.39, 0.29) is 49.2 Å². The standard InChI is InChI=1S/C23H23FN4O4/c1-14-27-23(13-21(31)28(14)18-8-9-19(29)26-22(18)32)10-2-3-17(12-23)25-20(30)11-15-4-6-16(24)7-5-15/h2-7,10,18H,8-9,11-13H2,1H3,(H,25,30)(H,26,29,32). The van der Waals surface area contributed by atoms with Crippen LogP contribution in [0.1, 0.15) is 38.2 Å². The molecule has 0 saturated carbocycles.